The SMILES string of the molecule is Cc1cc([N+](=O)[O-])c(C)cc1SCc1cccc(C(F)(F)F)c1. The first-order chi connectivity index (χ1) is 10.7. The monoisotopic (exact) mass is 341 g/mol. The van der Waals surface area contributed by atoms with Gasteiger partial charge in [0.05, 0.1) is 10.5 Å². The first-order valence-corrected chi connectivity index (χ1v) is 7.71. The van der Waals surface area contributed by atoms with Gasteiger partial charge in [0, 0.05) is 22.3 Å². The van der Waals surface area contributed by atoms with Crippen LogP contribution >= 0.6 is 11.8 Å². The molecular weight excluding hydrogens is 327 g/mol. The summed E-state index contributed by atoms with van der Waals surface area (Å²) in [6, 6.07) is 8.37. The average molecular weight is 341 g/mol. The van der Waals surface area contributed by atoms with Gasteiger partial charge in [-0.05, 0) is 37.1 Å². The Morgan fingerprint density at radius 2 is 1.83 bits per heavy atom. The minimum Gasteiger partial charge on any atom is -0.258 e. The topological polar surface area (TPSA) is 43.1 Å². The van der Waals surface area contributed by atoms with Gasteiger partial charge in [0.25, 0.3) is 5.69 Å². The van der Waals surface area contributed by atoms with Crippen molar-refractivity contribution in [3.8, 4) is 0 Å². The number of nitrogens with zero attached hydrogens (tertiary/aromatic N) is 1. The molecule has 122 valence electrons. The number of alkyl halides is 3. The van der Waals surface area contributed by atoms with Crippen LogP contribution in [0.15, 0.2) is 41.3 Å². The molecule has 0 spiro atoms. The molecule has 0 N–H and O–H groups in total. The number of hydrogen-bond acceptors (Lipinski definition) is 3. The van der Waals surface area contributed by atoms with Crippen molar-refractivity contribution in [3.63, 3.8) is 0 Å². The molecule has 0 saturated carbocycles. The number of nitro groups is 1. The Bertz CT molecular complexity index is 745. The zero-order chi connectivity index (χ0) is 17.2. The molecule has 0 aliphatic heterocycles. The van der Waals surface area contributed by atoms with Crippen LogP contribution in [0.2, 0.25) is 0 Å². The average Bonchev–Trinajstić information content (AvgIpc) is 2.47. The summed E-state index contributed by atoms with van der Waals surface area (Å²) in [7, 11) is 0. The number of rotatable bonds is 4. The molecule has 0 atom stereocenters. The normalized spacial score (nSPS) is 11.5. The lowest BCUT2D eigenvalue weighted by Crippen LogP contribution is -2.04. The molecule has 0 aromatic heterocycles. The van der Waals surface area contributed by atoms with Crippen molar-refractivity contribution < 1.29 is 18.1 Å². The summed E-state index contributed by atoms with van der Waals surface area (Å²) >= 11 is 1.36. The second-order valence-corrected chi connectivity index (χ2v) is 6.17. The lowest BCUT2D eigenvalue weighted by atomic mass is 10.1. The predicted octanol–water partition coefficient (Wildman–Crippen LogP) is 5.52. The van der Waals surface area contributed by atoms with Crippen LogP contribution in [-0.2, 0) is 11.9 Å². The first kappa shape index (κ1) is 17.3. The largest absolute Gasteiger partial charge is 0.416 e. The maximum absolute atomic E-state index is 12.7. The van der Waals surface area contributed by atoms with Crippen molar-refractivity contribution in [1.29, 1.82) is 0 Å². The van der Waals surface area contributed by atoms with E-state index in [1.807, 2.05) is 0 Å². The Hall–Kier alpha value is -2.02. The van der Waals surface area contributed by atoms with Gasteiger partial charge in [-0.25, -0.2) is 0 Å². The molecule has 2 aromatic rings. The maximum Gasteiger partial charge on any atom is 0.416 e. The standard InChI is InChI=1S/C16H14F3NO2S/c1-10-7-15(11(2)6-14(10)20(21)22)23-9-12-4-3-5-13(8-12)16(17,18)19/h3-8H,9H2,1-2H3. The lowest BCUT2D eigenvalue weighted by molar-refractivity contribution is -0.385. The summed E-state index contributed by atoms with van der Waals surface area (Å²) in [5.41, 5.74) is 1.20. The molecule has 23 heavy (non-hydrogen) atoms. The maximum atomic E-state index is 12.7. The number of hydrogen-bond donors (Lipinski definition) is 0. The van der Waals surface area contributed by atoms with Crippen molar-refractivity contribution in [2.24, 2.45) is 0 Å². The van der Waals surface area contributed by atoms with Crippen LogP contribution in [-0.4, -0.2) is 4.92 Å². The van der Waals surface area contributed by atoms with Gasteiger partial charge in [0.1, 0.15) is 0 Å². The molecule has 0 aliphatic rings. The van der Waals surface area contributed by atoms with Gasteiger partial charge < -0.3 is 0 Å². The van der Waals surface area contributed by atoms with Crippen LogP contribution in [0.3, 0.4) is 0 Å². The van der Waals surface area contributed by atoms with E-state index in [4.69, 9.17) is 0 Å². The highest BCUT2D eigenvalue weighted by Crippen LogP contribution is 2.33. The van der Waals surface area contributed by atoms with Gasteiger partial charge in [-0.15, -0.1) is 11.8 Å². The minimum atomic E-state index is -4.36. The second-order valence-electron chi connectivity index (χ2n) is 5.15. The van der Waals surface area contributed by atoms with Gasteiger partial charge in [-0.1, -0.05) is 18.2 Å². The van der Waals surface area contributed by atoms with Gasteiger partial charge >= 0.3 is 6.18 Å². The van der Waals surface area contributed by atoms with E-state index in [2.05, 4.69) is 0 Å². The van der Waals surface area contributed by atoms with Crippen LogP contribution in [0, 0.1) is 24.0 Å². The summed E-state index contributed by atoms with van der Waals surface area (Å²) in [6.07, 6.45) is -4.36. The smallest absolute Gasteiger partial charge is 0.258 e. The van der Waals surface area contributed by atoms with Crippen LogP contribution < -0.4 is 0 Å². The van der Waals surface area contributed by atoms with Crippen molar-refractivity contribution in [1.82, 2.24) is 0 Å². The van der Waals surface area contributed by atoms with E-state index >= 15 is 0 Å². The molecule has 0 saturated heterocycles. The number of thioether (sulfide) groups is 1. The zero-order valence-electron chi connectivity index (χ0n) is 12.5. The highest BCUT2D eigenvalue weighted by molar-refractivity contribution is 7.98. The van der Waals surface area contributed by atoms with Crippen LogP contribution in [0.25, 0.3) is 0 Å². The van der Waals surface area contributed by atoms with Crippen molar-refractivity contribution in [2.75, 3.05) is 0 Å². The number of benzene rings is 2. The summed E-state index contributed by atoms with van der Waals surface area (Å²) in [4.78, 5) is 11.3. The molecule has 0 fully saturated rings. The molecule has 0 aliphatic carbocycles. The quantitative estimate of drug-likeness (QED) is 0.417. The highest BCUT2D eigenvalue weighted by Gasteiger charge is 2.30. The number of aryl methyl sites for hydroxylation is 2. The molecule has 0 amide bonds. The second kappa shape index (κ2) is 6.62. The first-order valence-electron chi connectivity index (χ1n) is 6.73. The Labute approximate surface area is 135 Å². The lowest BCUT2D eigenvalue weighted by Gasteiger charge is -2.10. The fraction of sp³-hybridized carbons (Fsp3) is 0.250. The van der Waals surface area contributed by atoms with Crippen LogP contribution in [0.4, 0.5) is 18.9 Å². The van der Waals surface area contributed by atoms with Crippen molar-refractivity contribution in [3.05, 3.63) is 68.8 Å². The van der Waals surface area contributed by atoms with Crippen molar-refractivity contribution in [2.45, 2.75) is 30.7 Å². The summed E-state index contributed by atoms with van der Waals surface area (Å²) in [6.45, 7) is 3.40. The fourth-order valence-electron chi connectivity index (χ4n) is 2.13. The Morgan fingerprint density at radius 1 is 1.13 bits per heavy atom. The van der Waals surface area contributed by atoms with Crippen LogP contribution in [0.1, 0.15) is 22.3 Å². The van der Waals surface area contributed by atoms with E-state index in [1.165, 1.54) is 23.9 Å². The van der Waals surface area contributed by atoms with Gasteiger partial charge in [-0.3, -0.25) is 10.1 Å². The van der Waals surface area contributed by atoms with E-state index in [0.717, 1.165) is 22.6 Å². The zero-order valence-corrected chi connectivity index (χ0v) is 13.3. The molecule has 0 radical (unpaired) electrons. The minimum absolute atomic E-state index is 0.0471. The van der Waals surface area contributed by atoms with Gasteiger partial charge in [-0.2, -0.15) is 13.2 Å². The third kappa shape index (κ3) is 4.25. The van der Waals surface area contributed by atoms with E-state index < -0.39 is 16.7 Å². The van der Waals surface area contributed by atoms with Gasteiger partial charge in [0.15, 0.2) is 0 Å². The van der Waals surface area contributed by atoms with E-state index in [1.54, 1.807) is 26.0 Å². The molecular formula is C16H14F3NO2S. The molecule has 3 nitrogen and oxygen atoms in total. The molecule has 0 heterocycles. The Morgan fingerprint density at radius 3 is 2.43 bits per heavy atom. The number of nitro benzene ring substituents is 1. The predicted molar refractivity (Wildman–Crippen MR) is 83.6 cm³/mol. The van der Waals surface area contributed by atoms with Gasteiger partial charge in [0.2, 0.25) is 0 Å². The third-order valence-corrected chi connectivity index (χ3v) is 4.57. The van der Waals surface area contributed by atoms with Crippen LogP contribution in [0.5, 0.6) is 0 Å². The summed E-state index contributed by atoms with van der Waals surface area (Å²) in [5.74, 6) is 0.363. The molecule has 2 aromatic carbocycles. The van der Waals surface area contributed by atoms with Crippen molar-refractivity contribution >= 4 is 17.4 Å². The summed E-state index contributed by atoms with van der Waals surface area (Å²) in [5, 5.41) is 10.9. The van der Waals surface area contributed by atoms with E-state index in [-0.39, 0.29) is 5.69 Å². The molecule has 7 heteroatoms. The Kier molecular flexibility index (Phi) is 4.99. The Balaban J connectivity index is 2.19. The molecule has 0 bridgehead atoms. The highest BCUT2D eigenvalue weighted by atomic mass is 32.2. The summed E-state index contributed by atoms with van der Waals surface area (Å²) < 4.78 is 38.1. The van der Waals surface area contributed by atoms with E-state index in [9.17, 15) is 23.3 Å². The number of halogens is 3. The fourth-order valence-corrected chi connectivity index (χ4v) is 3.17. The molecule has 0 unspecified atom stereocenters. The van der Waals surface area contributed by atoms with E-state index in [0.29, 0.717) is 16.9 Å². The third-order valence-electron chi connectivity index (χ3n) is 3.34. The molecule has 2 rings (SSSR count).